The molecule has 30 heavy (non-hydrogen) atoms. The molecular weight excluding hydrogens is 398 g/mol. The van der Waals surface area contributed by atoms with Crippen LogP contribution in [-0.4, -0.2) is 30.0 Å². The summed E-state index contributed by atoms with van der Waals surface area (Å²) in [7, 11) is 0. The fourth-order valence-corrected chi connectivity index (χ4v) is 4.30. The first kappa shape index (κ1) is 21.7. The van der Waals surface area contributed by atoms with Crippen molar-refractivity contribution in [1.29, 1.82) is 0 Å². The SMILES string of the molecule is CCOC(=O)c1c(NC(=O)CNC(C)c2cccnc2)sc(-c2ccccc2)c1C. The van der Waals surface area contributed by atoms with Gasteiger partial charge in [0.05, 0.1) is 18.7 Å². The van der Waals surface area contributed by atoms with Gasteiger partial charge < -0.3 is 15.4 Å². The Morgan fingerprint density at radius 2 is 1.93 bits per heavy atom. The van der Waals surface area contributed by atoms with Crippen molar-refractivity contribution in [3.63, 3.8) is 0 Å². The van der Waals surface area contributed by atoms with E-state index in [1.165, 1.54) is 11.3 Å². The van der Waals surface area contributed by atoms with Crippen molar-refractivity contribution in [3.05, 3.63) is 71.5 Å². The number of anilines is 1. The van der Waals surface area contributed by atoms with Crippen molar-refractivity contribution < 1.29 is 14.3 Å². The number of hydrogen-bond acceptors (Lipinski definition) is 6. The number of hydrogen-bond donors (Lipinski definition) is 2. The average Bonchev–Trinajstić information content (AvgIpc) is 3.09. The molecule has 0 saturated carbocycles. The maximum atomic E-state index is 12.6. The highest BCUT2D eigenvalue weighted by Crippen LogP contribution is 2.40. The Kier molecular flexibility index (Phi) is 7.32. The van der Waals surface area contributed by atoms with Crippen molar-refractivity contribution in [2.45, 2.75) is 26.8 Å². The van der Waals surface area contributed by atoms with Crippen LogP contribution in [0.2, 0.25) is 0 Å². The van der Waals surface area contributed by atoms with Gasteiger partial charge in [-0.1, -0.05) is 36.4 Å². The topological polar surface area (TPSA) is 80.3 Å². The lowest BCUT2D eigenvalue weighted by molar-refractivity contribution is -0.115. The van der Waals surface area contributed by atoms with Crippen LogP contribution in [0.15, 0.2) is 54.9 Å². The Balaban J connectivity index is 1.78. The third-order valence-corrected chi connectivity index (χ3v) is 5.92. The minimum Gasteiger partial charge on any atom is -0.462 e. The molecule has 0 bridgehead atoms. The molecule has 3 aromatic rings. The summed E-state index contributed by atoms with van der Waals surface area (Å²) < 4.78 is 5.23. The first-order valence-electron chi connectivity index (χ1n) is 9.80. The number of nitrogens with one attached hydrogen (secondary N) is 2. The molecule has 6 nitrogen and oxygen atoms in total. The average molecular weight is 424 g/mol. The Morgan fingerprint density at radius 1 is 1.17 bits per heavy atom. The molecule has 0 fully saturated rings. The summed E-state index contributed by atoms with van der Waals surface area (Å²) >= 11 is 1.38. The van der Waals surface area contributed by atoms with Crippen molar-refractivity contribution >= 4 is 28.2 Å². The van der Waals surface area contributed by atoms with E-state index < -0.39 is 5.97 Å². The second-order valence-electron chi connectivity index (χ2n) is 6.78. The fourth-order valence-electron chi connectivity index (χ4n) is 3.08. The van der Waals surface area contributed by atoms with Gasteiger partial charge in [0.25, 0.3) is 0 Å². The first-order valence-corrected chi connectivity index (χ1v) is 10.6. The van der Waals surface area contributed by atoms with E-state index in [-0.39, 0.29) is 25.1 Å². The van der Waals surface area contributed by atoms with Gasteiger partial charge in [-0.25, -0.2) is 4.79 Å². The van der Waals surface area contributed by atoms with Crippen molar-refractivity contribution in [1.82, 2.24) is 10.3 Å². The van der Waals surface area contributed by atoms with Crippen LogP contribution in [0.4, 0.5) is 5.00 Å². The lowest BCUT2D eigenvalue weighted by Gasteiger charge is -2.13. The Labute approximate surface area is 180 Å². The zero-order chi connectivity index (χ0) is 21.5. The van der Waals surface area contributed by atoms with Gasteiger partial charge in [0, 0.05) is 23.3 Å². The van der Waals surface area contributed by atoms with Gasteiger partial charge in [-0.15, -0.1) is 11.3 Å². The molecule has 1 atom stereocenters. The molecule has 2 aromatic heterocycles. The number of carbonyl (C=O) groups excluding carboxylic acids is 2. The van der Waals surface area contributed by atoms with Crippen molar-refractivity contribution in [2.24, 2.45) is 0 Å². The largest absolute Gasteiger partial charge is 0.462 e. The summed E-state index contributed by atoms with van der Waals surface area (Å²) in [5, 5.41) is 6.58. The number of ether oxygens (including phenoxy) is 1. The second kappa shape index (κ2) is 10.1. The Hall–Kier alpha value is -3.03. The molecule has 3 rings (SSSR count). The van der Waals surface area contributed by atoms with Crippen LogP contribution in [0.5, 0.6) is 0 Å². The molecule has 0 radical (unpaired) electrons. The van der Waals surface area contributed by atoms with Gasteiger partial charge in [0.1, 0.15) is 5.00 Å². The number of aromatic nitrogens is 1. The van der Waals surface area contributed by atoms with E-state index in [4.69, 9.17) is 4.74 Å². The smallest absolute Gasteiger partial charge is 0.341 e. The highest BCUT2D eigenvalue weighted by atomic mass is 32.1. The van der Waals surface area contributed by atoms with Gasteiger partial charge in [-0.2, -0.15) is 0 Å². The Morgan fingerprint density at radius 3 is 2.60 bits per heavy atom. The molecule has 1 amide bonds. The number of thiophene rings is 1. The molecule has 0 aliphatic rings. The molecule has 1 aromatic carbocycles. The molecular formula is C23H25N3O3S. The zero-order valence-electron chi connectivity index (χ0n) is 17.3. The van der Waals surface area contributed by atoms with Crippen LogP contribution in [0.1, 0.15) is 41.4 Å². The molecule has 2 heterocycles. The molecule has 7 heteroatoms. The maximum absolute atomic E-state index is 12.6. The van der Waals surface area contributed by atoms with Gasteiger partial charge in [0.2, 0.25) is 5.91 Å². The second-order valence-corrected chi connectivity index (χ2v) is 7.80. The van der Waals surface area contributed by atoms with E-state index in [1.807, 2.05) is 56.3 Å². The van der Waals surface area contributed by atoms with Gasteiger partial charge in [-0.05, 0) is 43.5 Å². The quantitative estimate of drug-likeness (QED) is 0.518. The van der Waals surface area contributed by atoms with Crippen LogP contribution in [0.25, 0.3) is 10.4 Å². The van der Waals surface area contributed by atoms with Crippen LogP contribution >= 0.6 is 11.3 Å². The van der Waals surface area contributed by atoms with Gasteiger partial charge in [0.15, 0.2) is 0 Å². The molecule has 0 aliphatic heterocycles. The third kappa shape index (κ3) is 5.11. The standard InChI is InChI=1S/C23H25N3O3S/c1-4-29-23(28)20-15(2)21(17-9-6-5-7-10-17)30-22(20)26-19(27)14-25-16(3)18-11-8-12-24-13-18/h5-13,16,25H,4,14H2,1-3H3,(H,26,27). The third-order valence-electron chi connectivity index (χ3n) is 4.67. The number of esters is 1. The monoisotopic (exact) mass is 423 g/mol. The Bertz CT molecular complexity index is 1000. The number of pyridine rings is 1. The highest BCUT2D eigenvalue weighted by molar-refractivity contribution is 7.20. The maximum Gasteiger partial charge on any atom is 0.341 e. The predicted molar refractivity (Wildman–Crippen MR) is 120 cm³/mol. The summed E-state index contributed by atoms with van der Waals surface area (Å²) in [5.74, 6) is -0.655. The van der Waals surface area contributed by atoms with E-state index in [9.17, 15) is 9.59 Å². The normalized spacial score (nSPS) is 11.7. The molecule has 1 unspecified atom stereocenters. The summed E-state index contributed by atoms with van der Waals surface area (Å²) in [4.78, 5) is 30.2. The first-order chi connectivity index (χ1) is 14.5. The highest BCUT2D eigenvalue weighted by Gasteiger charge is 2.24. The van der Waals surface area contributed by atoms with Crippen LogP contribution in [-0.2, 0) is 9.53 Å². The van der Waals surface area contributed by atoms with Crippen LogP contribution < -0.4 is 10.6 Å². The summed E-state index contributed by atoms with van der Waals surface area (Å²) in [6.07, 6.45) is 3.48. The number of carbonyl (C=O) groups is 2. The van der Waals surface area contributed by atoms with E-state index in [0.717, 1.165) is 21.6 Å². The number of amides is 1. The molecule has 0 spiro atoms. The number of benzene rings is 1. The number of rotatable bonds is 8. The van der Waals surface area contributed by atoms with Crippen molar-refractivity contribution in [3.8, 4) is 10.4 Å². The van der Waals surface area contributed by atoms with Crippen molar-refractivity contribution in [2.75, 3.05) is 18.5 Å². The van der Waals surface area contributed by atoms with E-state index in [0.29, 0.717) is 10.6 Å². The van der Waals surface area contributed by atoms with Gasteiger partial charge >= 0.3 is 5.97 Å². The van der Waals surface area contributed by atoms with E-state index in [2.05, 4.69) is 15.6 Å². The summed E-state index contributed by atoms with van der Waals surface area (Å²) in [6.45, 7) is 5.99. The van der Waals surface area contributed by atoms with Crippen LogP contribution in [0, 0.1) is 6.92 Å². The molecule has 156 valence electrons. The minimum atomic E-state index is -0.430. The fraction of sp³-hybridized carbons (Fsp3) is 0.261. The lowest BCUT2D eigenvalue weighted by Crippen LogP contribution is -2.30. The van der Waals surface area contributed by atoms with Crippen LogP contribution in [0.3, 0.4) is 0 Å². The van der Waals surface area contributed by atoms with E-state index in [1.54, 1.807) is 19.3 Å². The van der Waals surface area contributed by atoms with Gasteiger partial charge in [-0.3, -0.25) is 9.78 Å². The molecule has 2 N–H and O–H groups in total. The zero-order valence-corrected chi connectivity index (χ0v) is 18.1. The predicted octanol–water partition coefficient (Wildman–Crippen LogP) is 4.58. The molecule has 0 aliphatic carbocycles. The lowest BCUT2D eigenvalue weighted by atomic mass is 10.1. The number of nitrogens with zero attached hydrogens (tertiary/aromatic N) is 1. The summed E-state index contributed by atoms with van der Waals surface area (Å²) in [5.41, 5.74) is 3.20. The molecule has 0 saturated heterocycles. The summed E-state index contributed by atoms with van der Waals surface area (Å²) in [6, 6.07) is 13.6. The minimum absolute atomic E-state index is 0.0288. The van der Waals surface area contributed by atoms with E-state index >= 15 is 0 Å².